The fourth-order valence-corrected chi connectivity index (χ4v) is 6.58. The van der Waals surface area contributed by atoms with Crippen LogP contribution in [0.1, 0.15) is 0 Å². The van der Waals surface area contributed by atoms with Gasteiger partial charge in [-0.25, -0.2) is 16.8 Å². The maximum atomic E-state index is 12.7. The van der Waals surface area contributed by atoms with Crippen molar-refractivity contribution in [2.45, 2.75) is 9.10 Å². The summed E-state index contributed by atoms with van der Waals surface area (Å²) in [5.74, 6) is 0.782. The average Bonchev–Trinajstić information content (AvgIpc) is 3.15. The van der Waals surface area contributed by atoms with Gasteiger partial charge in [0.25, 0.3) is 20.0 Å². The van der Waals surface area contributed by atoms with E-state index < -0.39 is 20.0 Å². The Bertz CT molecular complexity index is 1260. The Morgan fingerprint density at radius 3 is 2.10 bits per heavy atom. The minimum atomic E-state index is -3.95. The zero-order valence-corrected chi connectivity index (χ0v) is 19.8. The first-order valence-electron chi connectivity index (χ1n) is 8.28. The van der Waals surface area contributed by atoms with Gasteiger partial charge in [-0.3, -0.25) is 9.44 Å². The smallest absolute Gasteiger partial charge is 0.271 e. The van der Waals surface area contributed by atoms with E-state index in [0.717, 1.165) is 11.3 Å². The van der Waals surface area contributed by atoms with Crippen molar-refractivity contribution in [1.29, 1.82) is 0 Å². The fraction of sp³-hybridized carbons (Fsp3) is 0.111. The molecule has 2 N–H and O–H groups in total. The van der Waals surface area contributed by atoms with Crippen molar-refractivity contribution >= 4 is 58.7 Å². The van der Waals surface area contributed by atoms with Crippen LogP contribution in [0.4, 0.5) is 11.4 Å². The van der Waals surface area contributed by atoms with Crippen molar-refractivity contribution in [2.24, 2.45) is 0 Å². The van der Waals surface area contributed by atoms with Gasteiger partial charge in [0, 0.05) is 11.8 Å². The molecular weight excluding hydrogens is 516 g/mol. The lowest BCUT2D eigenvalue weighted by molar-refractivity contribution is 0.405. The Kier molecular flexibility index (Phi) is 6.60. The van der Waals surface area contributed by atoms with Gasteiger partial charge in [-0.2, -0.15) is 0 Å². The second kappa shape index (κ2) is 8.84. The molecule has 1 aromatic heterocycles. The Hall–Kier alpha value is -2.28. The lowest BCUT2D eigenvalue weighted by Gasteiger charge is -2.13. The third kappa shape index (κ3) is 5.06. The molecule has 12 heteroatoms. The summed E-state index contributed by atoms with van der Waals surface area (Å²) in [5.41, 5.74) is 0.447. The molecule has 1 heterocycles. The van der Waals surface area contributed by atoms with Gasteiger partial charge in [-0.05, 0) is 64.5 Å². The molecule has 3 aromatic rings. The van der Waals surface area contributed by atoms with E-state index in [0.29, 0.717) is 15.3 Å². The molecule has 3 rings (SSSR count). The van der Waals surface area contributed by atoms with Crippen LogP contribution < -0.4 is 18.9 Å². The molecule has 0 saturated heterocycles. The van der Waals surface area contributed by atoms with E-state index in [-0.39, 0.29) is 20.5 Å². The predicted octanol–water partition coefficient (Wildman–Crippen LogP) is 4.13. The summed E-state index contributed by atoms with van der Waals surface area (Å²) in [5, 5.41) is 0. The molecule has 0 fully saturated rings. The SMILES string of the molecule is COc1ccc(OC)c(NS(=O)(=O)c2ccc(NS(=O)(=O)c3ccc(Br)s3)cc2)c1. The topological polar surface area (TPSA) is 111 Å². The maximum absolute atomic E-state index is 12.7. The summed E-state index contributed by atoms with van der Waals surface area (Å²) in [6.45, 7) is 0. The predicted molar refractivity (Wildman–Crippen MR) is 120 cm³/mol. The molecule has 0 aliphatic carbocycles. The van der Waals surface area contributed by atoms with Crippen LogP contribution in [0.5, 0.6) is 11.5 Å². The number of thiophene rings is 1. The quantitative estimate of drug-likeness (QED) is 0.451. The van der Waals surface area contributed by atoms with E-state index >= 15 is 0 Å². The molecule has 0 saturated carbocycles. The summed E-state index contributed by atoms with van der Waals surface area (Å²) in [7, 11) is -4.82. The molecular formula is C18H17BrN2O6S3. The highest BCUT2D eigenvalue weighted by atomic mass is 79.9. The first-order valence-corrected chi connectivity index (χ1v) is 12.9. The van der Waals surface area contributed by atoms with E-state index in [4.69, 9.17) is 9.47 Å². The first kappa shape index (κ1) is 22.4. The molecule has 0 bridgehead atoms. The lowest BCUT2D eigenvalue weighted by atomic mass is 10.3. The van der Waals surface area contributed by atoms with Crippen molar-refractivity contribution in [1.82, 2.24) is 0 Å². The molecule has 2 aromatic carbocycles. The van der Waals surface area contributed by atoms with Gasteiger partial charge in [0.05, 0.1) is 28.6 Å². The molecule has 0 aliphatic rings. The van der Waals surface area contributed by atoms with Crippen molar-refractivity contribution in [3.05, 3.63) is 58.4 Å². The van der Waals surface area contributed by atoms with E-state index in [2.05, 4.69) is 25.4 Å². The summed E-state index contributed by atoms with van der Waals surface area (Å²) in [6, 6.07) is 13.2. The number of halogens is 1. The van der Waals surface area contributed by atoms with Gasteiger partial charge in [-0.1, -0.05) is 0 Å². The minimum absolute atomic E-state index is 0.0470. The van der Waals surface area contributed by atoms with Gasteiger partial charge in [0.1, 0.15) is 15.7 Å². The first-order chi connectivity index (χ1) is 14.1. The van der Waals surface area contributed by atoms with Crippen LogP contribution in [-0.2, 0) is 20.0 Å². The summed E-state index contributed by atoms with van der Waals surface area (Å²) in [4.78, 5) is -0.0470. The number of rotatable bonds is 8. The zero-order chi connectivity index (χ0) is 21.9. The van der Waals surface area contributed by atoms with Crippen LogP contribution >= 0.6 is 27.3 Å². The number of ether oxygens (including phenoxy) is 2. The Morgan fingerprint density at radius 1 is 0.833 bits per heavy atom. The molecule has 0 radical (unpaired) electrons. The van der Waals surface area contributed by atoms with Gasteiger partial charge in [-0.15, -0.1) is 11.3 Å². The number of sulfonamides is 2. The van der Waals surface area contributed by atoms with Crippen LogP contribution in [0.15, 0.2) is 67.5 Å². The molecule has 0 amide bonds. The standard InChI is InChI=1S/C18H17BrN2O6S3/c1-26-13-5-8-16(27-2)15(11-13)21-29(22,23)14-6-3-12(4-7-14)20-30(24,25)18-10-9-17(19)28-18/h3-11,20-21H,1-2H3. The largest absolute Gasteiger partial charge is 0.497 e. The average molecular weight is 533 g/mol. The van der Waals surface area contributed by atoms with Crippen LogP contribution in [0.3, 0.4) is 0 Å². The summed E-state index contributed by atoms with van der Waals surface area (Å²) in [6.07, 6.45) is 0. The van der Waals surface area contributed by atoms with E-state index in [1.165, 1.54) is 50.6 Å². The van der Waals surface area contributed by atoms with Gasteiger partial charge < -0.3 is 9.47 Å². The van der Waals surface area contributed by atoms with Crippen LogP contribution in [0.2, 0.25) is 0 Å². The number of hydrogen-bond acceptors (Lipinski definition) is 7. The summed E-state index contributed by atoms with van der Waals surface area (Å²) < 4.78 is 66.3. The Morgan fingerprint density at radius 2 is 1.53 bits per heavy atom. The van der Waals surface area contributed by atoms with Crippen molar-refractivity contribution in [2.75, 3.05) is 23.7 Å². The van der Waals surface area contributed by atoms with Crippen molar-refractivity contribution in [3.63, 3.8) is 0 Å². The van der Waals surface area contributed by atoms with E-state index in [9.17, 15) is 16.8 Å². The molecule has 0 unspecified atom stereocenters. The fourth-order valence-electron chi connectivity index (χ4n) is 2.45. The number of hydrogen-bond donors (Lipinski definition) is 2. The van der Waals surface area contributed by atoms with Crippen LogP contribution in [0, 0.1) is 0 Å². The van der Waals surface area contributed by atoms with Crippen LogP contribution in [-0.4, -0.2) is 31.1 Å². The third-order valence-electron chi connectivity index (χ3n) is 3.88. The second-order valence-electron chi connectivity index (χ2n) is 5.86. The van der Waals surface area contributed by atoms with Crippen molar-refractivity contribution in [3.8, 4) is 11.5 Å². The lowest BCUT2D eigenvalue weighted by Crippen LogP contribution is -2.14. The number of anilines is 2. The maximum Gasteiger partial charge on any atom is 0.271 e. The minimum Gasteiger partial charge on any atom is -0.497 e. The molecule has 160 valence electrons. The zero-order valence-electron chi connectivity index (χ0n) is 15.7. The molecule has 8 nitrogen and oxygen atoms in total. The number of nitrogens with one attached hydrogen (secondary N) is 2. The molecule has 30 heavy (non-hydrogen) atoms. The number of methoxy groups -OCH3 is 2. The Labute approximate surface area is 187 Å². The normalized spacial score (nSPS) is 11.7. The van der Waals surface area contributed by atoms with Crippen molar-refractivity contribution < 1.29 is 26.3 Å². The highest BCUT2D eigenvalue weighted by Crippen LogP contribution is 2.31. The second-order valence-corrected chi connectivity index (χ2v) is 11.9. The molecule has 0 spiro atoms. The van der Waals surface area contributed by atoms with Gasteiger partial charge in [0.2, 0.25) is 0 Å². The third-order valence-corrected chi connectivity index (χ3v) is 8.76. The monoisotopic (exact) mass is 532 g/mol. The molecule has 0 atom stereocenters. The van der Waals surface area contributed by atoms with Crippen LogP contribution in [0.25, 0.3) is 0 Å². The highest BCUT2D eigenvalue weighted by Gasteiger charge is 2.19. The van der Waals surface area contributed by atoms with Gasteiger partial charge in [0.15, 0.2) is 0 Å². The summed E-state index contributed by atoms with van der Waals surface area (Å²) >= 11 is 4.29. The van der Waals surface area contributed by atoms with E-state index in [1.54, 1.807) is 18.2 Å². The van der Waals surface area contributed by atoms with Gasteiger partial charge >= 0.3 is 0 Å². The molecule has 0 aliphatic heterocycles. The Balaban J connectivity index is 1.82. The highest BCUT2D eigenvalue weighted by molar-refractivity contribution is 9.11. The van der Waals surface area contributed by atoms with E-state index in [1.807, 2.05) is 0 Å². The number of benzene rings is 2.